The minimum Gasteiger partial charge on any atom is -0.468 e. The molecule has 0 aromatic heterocycles. The average Bonchev–Trinajstić information content (AvgIpc) is 2.49. The first-order valence-corrected chi connectivity index (χ1v) is 7.76. The zero-order valence-electron chi connectivity index (χ0n) is 13.2. The first-order chi connectivity index (χ1) is 9.71. The van der Waals surface area contributed by atoms with Crippen molar-refractivity contribution in [3.63, 3.8) is 0 Å². The van der Waals surface area contributed by atoms with Crippen molar-refractivity contribution >= 4 is 5.97 Å². The van der Waals surface area contributed by atoms with E-state index in [0.29, 0.717) is 6.04 Å². The quantitative estimate of drug-likeness (QED) is 0.650. The van der Waals surface area contributed by atoms with Crippen molar-refractivity contribution < 1.29 is 14.3 Å². The van der Waals surface area contributed by atoms with Crippen molar-refractivity contribution in [1.82, 2.24) is 10.2 Å². The zero-order chi connectivity index (χ0) is 14.8. The van der Waals surface area contributed by atoms with Crippen LogP contribution < -0.4 is 5.32 Å². The Kier molecular flexibility index (Phi) is 8.82. The van der Waals surface area contributed by atoms with Gasteiger partial charge < -0.3 is 19.7 Å². The molecule has 5 heteroatoms. The van der Waals surface area contributed by atoms with Gasteiger partial charge in [0.2, 0.25) is 0 Å². The normalized spacial score (nSPS) is 18.9. The minimum absolute atomic E-state index is 0.125. The third kappa shape index (κ3) is 6.20. The van der Waals surface area contributed by atoms with Crippen LogP contribution in [0.25, 0.3) is 0 Å². The van der Waals surface area contributed by atoms with Crippen LogP contribution in [0.1, 0.15) is 39.0 Å². The van der Waals surface area contributed by atoms with E-state index in [9.17, 15) is 4.79 Å². The summed E-state index contributed by atoms with van der Waals surface area (Å²) in [4.78, 5) is 14.2. The lowest BCUT2D eigenvalue weighted by Gasteiger charge is -2.33. The fourth-order valence-electron chi connectivity index (χ4n) is 2.65. The Morgan fingerprint density at radius 2 is 2.05 bits per heavy atom. The van der Waals surface area contributed by atoms with Crippen LogP contribution >= 0.6 is 0 Å². The highest BCUT2D eigenvalue weighted by atomic mass is 16.5. The predicted octanol–water partition coefficient (Wildman–Crippen LogP) is 1.42. The summed E-state index contributed by atoms with van der Waals surface area (Å²) in [7, 11) is 3.21. The maximum atomic E-state index is 11.8. The molecule has 1 saturated heterocycles. The van der Waals surface area contributed by atoms with Crippen molar-refractivity contribution in [2.45, 2.75) is 51.1 Å². The van der Waals surface area contributed by atoms with Gasteiger partial charge in [0.25, 0.3) is 0 Å². The van der Waals surface area contributed by atoms with E-state index < -0.39 is 0 Å². The maximum Gasteiger partial charge on any atom is 0.322 e. The fourth-order valence-corrected chi connectivity index (χ4v) is 2.65. The molecule has 118 valence electrons. The van der Waals surface area contributed by atoms with E-state index in [2.05, 4.69) is 17.1 Å². The lowest BCUT2D eigenvalue weighted by molar-refractivity contribution is -0.143. The van der Waals surface area contributed by atoms with Crippen LogP contribution in [0.15, 0.2) is 0 Å². The van der Waals surface area contributed by atoms with E-state index >= 15 is 0 Å². The predicted molar refractivity (Wildman–Crippen MR) is 79.8 cm³/mol. The van der Waals surface area contributed by atoms with Gasteiger partial charge in [-0.05, 0) is 32.4 Å². The number of piperidine rings is 1. The van der Waals surface area contributed by atoms with Crippen molar-refractivity contribution in [1.29, 1.82) is 0 Å². The molecule has 0 aliphatic carbocycles. The monoisotopic (exact) mass is 286 g/mol. The van der Waals surface area contributed by atoms with Gasteiger partial charge in [-0.15, -0.1) is 0 Å². The number of likely N-dealkylation sites (tertiary alicyclic amines) is 1. The van der Waals surface area contributed by atoms with Crippen LogP contribution in [0.5, 0.6) is 0 Å². The Morgan fingerprint density at radius 1 is 1.35 bits per heavy atom. The summed E-state index contributed by atoms with van der Waals surface area (Å²) in [6, 6.07) is 0.283. The van der Waals surface area contributed by atoms with E-state index in [4.69, 9.17) is 9.47 Å². The highest BCUT2D eigenvalue weighted by molar-refractivity contribution is 5.75. The van der Waals surface area contributed by atoms with Crippen molar-refractivity contribution in [2.24, 2.45) is 0 Å². The van der Waals surface area contributed by atoms with E-state index in [1.54, 1.807) is 7.11 Å². The van der Waals surface area contributed by atoms with Crippen LogP contribution in [0.2, 0.25) is 0 Å². The number of hydrogen-bond donors (Lipinski definition) is 1. The highest BCUT2D eigenvalue weighted by Gasteiger charge is 2.25. The standard InChI is InChI=1S/C15H30N2O3/c1-4-5-6-14(15(18)20-3)16-13-7-9-17(10-8-13)11-12-19-2/h13-14,16H,4-12H2,1-3H3. The number of rotatable bonds is 9. The van der Waals surface area contributed by atoms with Crippen molar-refractivity contribution in [3.05, 3.63) is 0 Å². The van der Waals surface area contributed by atoms with Gasteiger partial charge in [-0.2, -0.15) is 0 Å². The summed E-state index contributed by atoms with van der Waals surface area (Å²) < 4.78 is 10.0. The number of carbonyl (C=O) groups excluding carboxylic acids is 1. The van der Waals surface area contributed by atoms with Gasteiger partial charge in [0.05, 0.1) is 13.7 Å². The third-order valence-corrected chi connectivity index (χ3v) is 3.97. The molecule has 1 heterocycles. The lowest BCUT2D eigenvalue weighted by atomic mass is 10.0. The van der Waals surface area contributed by atoms with Crippen molar-refractivity contribution in [2.75, 3.05) is 40.5 Å². The zero-order valence-corrected chi connectivity index (χ0v) is 13.2. The molecule has 1 N–H and O–H groups in total. The van der Waals surface area contributed by atoms with Gasteiger partial charge >= 0.3 is 5.97 Å². The summed E-state index contributed by atoms with van der Waals surface area (Å²) in [6.07, 6.45) is 5.20. The molecule has 0 radical (unpaired) electrons. The highest BCUT2D eigenvalue weighted by Crippen LogP contribution is 2.13. The number of carbonyl (C=O) groups is 1. The average molecular weight is 286 g/mol. The van der Waals surface area contributed by atoms with Gasteiger partial charge in [0.1, 0.15) is 6.04 Å². The second-order valence-electron chi connectivity index (χ2n) is 5.49. The van der Waals surface area contributed by atoms with E-state index in [-0.39, 0.29) is 12.0 Å². The summed E-state index contributed by atoms with van der Waals surface area (Å²) in [5, 5.41) is 3.49. The lowest BCUT2D eigenvalue weighted by Crippen LogP contribution is -2.49. The number of nitrogens with zero attached hydrogens (tertiary/aromatic N) is 1. The summed E-state index contributed by atoms with van der Waals surface area (Å²) >= 11 is 0. The molecule has 1 rings (SSSR count). The summed E-state index contributed by atoms with van der Waals surface area (Å²) in [6.45, 7) is 6.08. The second-order valence-corrected chi connectivity index (χ2v) is 5.49. The second kappa shape index (κ2) is 10.1. The Labute approximate surface area is 123 Å². The van der Waals surface area contributed by atoms with Gasteiger partial charge in [-0.3, -0.25) is 4.79 Å². The van der Waals surface area contributed by atoms with Crippen LogP contribution in [0, 0.1) is 0 Å². The summed E-state index contributed by atoms with van der Waals surface area (Å²) in [5.74, 6) is -0.125. The number of esters is 1. The molecular weight excluding hydrogens is 256 g/mol. The molecular formula is C15H30N2O3. The molecule has 1 fully saturated rings. The molecule has 0 bridgehead atoms. The first kappa shape index (κ1) is 17.4. The molecule has 0 saturated carbocycles. The van der Waals surface area contributed by atoms with Gasteiger partial charge in [0.15, 0.2) is 0 Å². The smallest absolute Gasteiger partial charge is 0.322 e. The van der Waals surface area contributed by atoms with Gasteiger partial charge in [0, 0.05) is 19.7 Å². The van der Waals surface area contributed by atoms with Crippen LogP contribution in [0.3, 0.4) is 0 Å². The topological polar surface area (TPSA) is 50.8 Å². The maximum absolute atomic E-state index is 11.8. The minimum atomic E-state index is -0.143. The van der Waals surface area contributed by atoms with Crippen LogP contribution in [-0.4, -0.2) is 63.4 Å². The van der Waals surface area contributed by atoms with Crippen LogP contribution in [-0.2, 0) is 14.3 Å². The Bertz CT molecular complexity index is 266. The molecule has 1 atom stereocenters. The summed E-state index contributed by atoms with van der Waals surface area (Å²) in [5.41, 5.74) is 0. The molecule has 1 aliphatic rings. The first-order valence-electron chi connectivity index (χ1n) is 7.76. The van der Waals surface area contributed by atoms with Crippen LogP contribution in [0.4, 0.5) is 0 Å². The SMILES string of the molecule is CCCCC(NC1CCN(CCOC)CC1)C(=O)OC. The largest absolute Gasteiger partial charge is 0.468 e. The number of ether oxygens (including phenoxy) is 2. The molecule has 0 amide bonds. The Morgan fingerprint density at radius 3 is 2.60 bits per heavy atom. The molecule has 0 aromatic rings. The molecule has 5 nitrogen and oxygen atoms in total. The number of nitrogens with one attached hydrogen (secondary N) is 1. The van der Waals surface area contributed by atoms with Crippen molar-refractivity contribution in [3.8, 4) is 0 Å². The number of unbranched alkanes of at least 4 members (excludes halogenated alkanes) is 1. The molecule has 1 unspecified atom stereocenters. The fraction of sp³-hybridized carbons (Fsp3) is 0.933. The Balaban J connectivity index is 2.33. The van der Waals surface area contributed by atoms with E-state index in [1.165, 1.54) is 7.11 Å². The molecule has 0 aromatic carbocycles. The third-order valence-electron chi connectivity index (χ3n) is 3.97. The number of hydrogen-bond acceptors (Lipinski definition) is 5. The van der Waals surface area contributed by atoms with Gasteiger partial charge in [-0.25, -0.2) is 0 Å². The molecule has 20 heavy (non-hydrogen) atoms. The van der Waals surface area contributed by atoms with E-state index in [0.717, 1.165) is 58.3 Å². The molecule has 0 spiro atoms. The van der Waals surface area contributed by atoms with E-state index in [1.807, 2.05) is 0 Å². The molecule has 1 aliphatic heterocycles. The number of methoxy groups -OCH3 is 2. The Hall–Kier alpha value is -0.650. The van der Waals surface area contributed by atoms with Gasteiger partial charge in [-0.1, -0.05) is 19.8 Å².